The van der Waals surface area contributed by atoms with Crippen molar-refractivity contribution in [3.05, 3.63) is 120 Å². The predicted octanol–water partition coefficient (Wildman–Crippen LogP) is 7.36. The van der Waals surface area contributed by atoms with Crippen molar-refractivity contribution in [1.82, 2.24) is 14.8 Å². The zero-order valence-corrected chi connectivity index (χ0v) is 25.5. The average Bonchev–Trinajstić information content (AvgIpc) is 3.69. The molecule has 0 aliphatic carbocycles. The van der Waals surface area contributed by atoms with Gasteiger partial charge < -0.3 is 14.8 Å². The summed E-state index contributed by atoms with van der Waals surface area (Å²) in [5.74, 6) is -1.25. The van der Waals surface area contributed by atoms with Gasteiger partial charge in [0.25, 0.3) is 0 Å². The fourth-order valence-corrected chi connectivity index (χ4v) is 5.55. The van der Waals surface area contributed by atoms with Gasteiger partial charge in [-0.05, 0) is 54.1 Å². The second-order valence-corrected chi connectivity index (χ2v) is 11.1. The summed E-state index contributed by atoms with van der Waals surface area (Å²) in [7, 11) is 0. The standard InChI is InChI=1S/C33H24F4N6O4S/c34-26-16-22(30-38-20-42(41-30)24-11-13-25(14-12-24)47-33(35,36)37)10-15-27(26)39-31(45)40-32-43(29(44)19-48-32)28-9-5-4-8-23(28)18-46-17-21-6-2-1-3-7-21/h1-16,20H,17-19H2,(H,39,45)/b40-32-. The van der Waals surface area contributed by atoms with E-state index in [1.165, 1.54) is 40.2 Å². The van der Waals surface area contributed by atoms with Crippen molar-refractivity contribution < 1.29 is 36.6 Å². The number of ether oxygens (including phenoxy) is 2. The van der Waals surface area contributed by atoms with Crippen molar-refractivity contribution in [1.29, 1.82) is 0 Å². The van der Waals surface area contributed by atoms with E-state index < -0.39 is 24.0 Å². The molecular weight excluding hydrogens is 652 g/mol. The largest absolute Gasteiger partial charge is 0.573 e. The summed E-state index contributed by atoms with van der Waals surface area (Å²) in [4.78, 5) is 35.3. The Hall–Kier alpha value is -5.54. The van der Waals surface area contributed by atoms with E-state index in [0.29, 0.717) is 18.0 Å². The Morgan fingerprint density at radius 2 is 1.71 bits per heavy atom. The Kier molecular flexibility index (Phi) is 9.50. The summed E-state index contributed by atoms with van der Waals surface area (Å²) in [5.41, 5.74) is 2.76. The van der Waals surface area contributed by atoms with Gasteiger partial charge in [-0.3, -0.25) is 9.69 Å². The van der Waals surface area contributed by atoms with Crippen LogP contribution in [0.2, 0.25) is 0 Å². The molecule has 0 atom stereocenters. The third-order valence-corrected chi connectivity index (χ3v) is 7.78. The first-order valence-corrected chi connectivity index (χ1v) is 15.2. The van der Waals surface area contributed by atoms with Crippen LogP contribution in [-0.4, -0.2) is 44.0 Å². The third kappa shape index (κ3) is 7.87. The highest BCUT2D eigenvalue weighted by Crippen LogP contribution is 2.31. The number of alkyl halides is 3. The number of nitrogens with zero attached hydrogens (tertiary/aromatic N) is 5. The minimum absolute atomic E-state index is 0.0690. The van der Waals surface area contributed by atoms with Crippen LogP contribution in [0.15, 0.2) is 108 Å². The van der Waals surface area contributed by atoms with E-state index in [4.69, 9.17) is 4.74 Å². The Morgan fingerprint density at radius 3 is 2.46 bits per heavy atom. The third-order valence-electron chi connectivity index (χ3n) is 6.86. The van der Waals surface area contributed by atoms with Crippen molar-refractivity contribution in [3.8, 4) is 22.8 Å². The van der Waals surface area contributed by atoms with Crippen LogP contribution in [0.3, 0.4) is 0 Å². The first-order valence-electron chi connectivity index (χ1n) is 14.3. The van der Waals surface area contributed by atoms with Gasteiger partial charge in [0, 0.05) is 11.1 Å². The summed E-state index contributed by atoms with van der Waals surface area (Å²) >= 11 is 1.08. The summed E-state index contributed by atoms with van der Waals surface area (Å²) in [5, 5.41) is 6.80. The quantitative estimate of drug-likeness (QED) is 0.163. The number of carbonyl (C=O) groups excluding carboxylic acids is 2. The molecular formula is C33H24F4N6O4S. The number of amidine groups is 1. The second kappa shape index (κ2) is 14.1. The number of carbonyl (C=O) groups is 2. The molecule has 48 heavy (non-hydrogen) atoms. The van der Waals surface area contributed by atoms with Crippen LogP contribution in [0.25, 0.3) is 17.1 Å². The van der Waals surface area contributed by atoms with E-state index in [1.54, 1.807) is 12.1 Å². The number of aliphatic imine (C=N–C) groups is 1. The molecule has 3 amide bonds. The molecule has 5 aromatic rings. The zero-order chi connectivity index (χ0) is 33.7. The molecule has 1 saturated heterocycles. The van der Waals surface area contributed by atoms with Crippen molar-refractivity contribution in [3.63, 3.8) is 0 Å². The maximum absolute atomic E-state index is 15.1. The molecule has 1 aliphatic heterocycles. The van der Waals surface area contributed by atoms with Crippen molar-refractivity contribution in [2.45, 2.75) is 19.6 Å². The lowest BCUT2D eigenvalue weighted by Gasteiger charge is -2.20. The lowest BCUT2D eigenvalue weighted by molar-refractivity contribution is -0.274. The number of benzene rings is 4. The van der Waals surface area contributed by atoms with Crippen LogP contribution in [0.5, 0.6) is 5.75 Å². The van der Waals surface area contributed by atoms with Gasteiger partial charge in [-0.15, -0.1) is 18.3 Å². The maximum atomic E-state index is 15.1. The highest BCUT2D eigenvalue weighted by molar-refractivity contribution is 8.15. The molecule has 2 heterocycles. The molecule has 244 valence electrons. The number of aromatic nitrogens is 3. The number of anilines is 2. The SMILES string of the molecule is O=C(/N=C1\SCC(=O)N1c1ccccc1COCc1ccccc1)Nc1ccc(-c2ncn(-c3ccc(OC(F)(F)F)cc3)n2)cc1F. The first-order chi connectivity index (χ1) is 23.1. The molecule has 4 aromatic carbocycles. The van der Waals surface area contributed by atoms with Gasteiger partial charge in [-0.2, -0.15) is 4.99 Å². The number of nitrogens with one attached hydrogen (secondary N) is 1. The van der Waals surface area contributed by atoms with E-state index >= 15 is 4.39 Å². The summed E-state index contributed by atoms with van der Waals surface area (Å²) in [6.45, 7) is 0.592. The maximum Gasteiger partial charge on any atom is 0.573 e. The fourth-order valence-electron chi connectivity index (χ4n) is 4.69. The topological polar surface area (TPSA) is 111 Å². The molecule has 1 fully saturated rings. The first kappa shape index (κ1) is 32.4. The van der Waals surface area contributed by atoms with Gasteiger partial charge in [0.15, 0.2) is 11.0 Å². The highest BCUT2D eigenvalue weighted by Gasteiger charge is 2.32. The van der Waals surface area contributed by atoms with Gasteiger partial charge in [0.05, 0.1) is 36.0 Å². The summed E-state index contributed by atoms with van der Waals surface area (Å²) in [6.07, 6.45) is -3.50. The van der Waals surface area contributed by atoms with Crippen LogP contribution < -0.4 is 15.0 Å². The van der Waals surface area contributed by atoms with Crippen molar-refractivity contribution >= 4 is 40.2 Å². The Labute approximate surface area is 275 Å². The summed E-state index contributed by atoms with van der Waals surface area (Å²) < 4.78 is 63.4. The van der Waals surface area contributed by atoms with Crippen LogP contribution in [0, 0.1) is 5.82 Å². The molecule has 1 aromatic heterocycles. The number of halogens is 4. The van der Waals surface area contributed by atoms with Crippen molar-refractivity contribution in [2.24, 2.45) is 4.99 Å². The number of hydrogen-bond donors (Lipinski definition) is 1. The monoisotopic (exact) mass is 676 g/mol. The fraction of sp³-hybridized carbons (Fsp3) is 0.121. The average molecular weight is 677 g/mol. The lowest BCUT2D eigenvalue weighted by atomic mass is 10.1. The molecule has 0 unspecified atom stereocenters. The summed E-state index contributed by atoms with van der Waals surface area (Å²) in [6, 6.07) is 24.8. The minimum atomic E-state index is -4.82. The number of amides is 3. The number of urea groups is 1. The highest BCUT2D eigenvalue weighted by atomic mass is 32.2. The van der Waals surface area contributed by atoms with Gasteiger partial charge >= 0.3 is 12.4 Å². The van der Waals surface area contributed by atoms with E-state index in [-0.39, 0.29) is 40.5 Å². The number of thioether (sulfide) groups is 1. The van der Waals surface area contributed by atoms with Gasteiger partial charge in [0.2, 0.25) is 5.91 Å². The lowest BCUT2D eigenvalue weighted by Crippen LogP contribution is -2.31. The molecule has 0 spiro atoms. The predicted molar refractivity (Wildman–Crippen MR) is 171 cm³/mol. The Bertz CT molecular complexity index is 1970. The van der Waals surface area contributed by atoms with Gasteiger partial charge in [0.1, 0.15) is 17.9 Å². The number of para-hydroxylation sites is 1. The van der Waals surface area contributed by atoms with Crippen LogP contribution in [0.4, 0.5) is 33.7 Å². The number of rotatable bonds is 9. The van der Waals surface area contributed by atoms with E-state index in [1.807, 2.05) is 42.5 Å². The molecule has 6 rings (SSSR count). The number of hydrogen-bond acceptors (Lipinski definition) is 7. The van der Waals surface area contributed by atoms with Crippen LogP contribution >= 0.6 is 11.8 Å². The van der Waals surface area contributed by atoms with E-state index in [0.717, 1.165) is 41.1 Å². The molecule has 1 aliphatic rings. The Morgan fingerprint density at radius 1 is 0.958 bits per heavy atom. The zero-order valence-electron chi connectivity index (χ0n) is 24.7. The normalized spacial score (nSPS) is 14.0. The molecule has 10 nitrogen and oxygen atoms in total. The van der Waals surface area contributed by atoms with Crippen LogP contribution in [0.1, 0.15) is 11.1 Å². The van der Waals surface area contributed by atoms with E-state index in [9.17, 15) is 22.8 Å². The molecule has 0 bridgehead atoms. The molecule has 1 N–H and O–H groups in total. The van der Waals surface area contributed by atoms with Crippen molar-refractivity contribution in [2.75, 3.05) is 16.0 Å². The second-order valence-electron chi connectivity index (χ2n) is 10.2. The van der Waals surface area contributed by atoms with Crippen LogP contribution in [-0.2, 0) is 22.7 Å². The Balaban J connectivity index is 1.12. The molecule has 0 saturated carbocycles. The van der Waals surface area contributed by atoms with Gasteiger partial charge in [-0.25, -0.2) is 18.9 Å². The minimum Gasteiger partial charge on any atom is -0.406 e. The van der Waals surface area contributed by atoms with Gasteiger partial charge in [-0.1, -0.05) is 60.3 Å². The molecule has 15 heteroatoms. The smallest absolute Gasteiger partial charge is 0.406 e. The molecule has 0 radical (unpaired) electrons. The van der Waals surface area contributed by atoms with E-state index in [2.05, 4.69) is 25.1 Å².